The number of hydrogen-bond acceptors (Lipinski definition) is 6. The van der Waals surface area contributed by atoms with Crippen LogP contribution in [0.3, 0.4) is 0 Å². The molecular formula is C19H25N5O2. The summed E-state index contributed by atoms with van der Waals surface area (Å²) in [6.45, 7) is 6.52. The molecule has 0 saturated heterocycles. The number of aromatic nitrogens is 4. The fourth-order valence-corrected chi connectivity index (χ4v) is 2.53. The maximum atomic E-state index is 5.88. The minimum absolute atomic E-state index is 0.276. The molecule has 2 N–H and O–H groups in total. The zero-order valence-electron chi connectivity index (χ0n) is 15.9. The third kappa shape index (κ3) is 3.93. The van der Waals surface area contributed by atoms with Gasteiger partial charge >= 0.3 is 0 Å². The molecule has 0 aliphatic carbocycles. The third-order valence-corrected chi connectivity index (χ3v) is 3.71. The number of nitrogens with two attached hydrogens (primary N) is 1. The van der Waals surface area contributed by atoms with E-state index in [0.29, 0.717) is 29.7 Å². The van der Waals surface area contributed by atoms with Gasteiger partial charge in [-0.05, 0) is 12.5 Å². The number of hydrogen-bond donors (Lipinski definition) is 1. The van der Waals surface area contributed by atoms with Crippen LogP contribution in [-0.2, 0) is 6.54 Å². The smallest absolute Gasteiger partial charge is 0.215 e. The molecule has 2 aromatic heterocycles. The van der Waals surface area contributed by atoms with Gasteiger partial charge < -0.3 is 15.2 Å². The van der Waals surface area contributed by atoms with Gasteiger partial charge in [0.05, 0.1) is 27.0 Å². The molecule has 0 spiro atoms. The summed E-state index contributed by atoms with van der Waals surface area (Å²) < 4.78 is 12.4. The van der Waals surface area contributed by atoms with Crippen LogP contribution in [0, 0.1) is 6.92 Å². The third-order valence-electron chi connectivity index (χ3n) is 3.71. The molecule has 7 heteroatoms. The number of rotatable bonds is 5. The lowest BCUT2D eigenvalue weighted by Crippen LogP contribution is -2.04. The number of methoxy groups -OCH3 is 2. The molecule has 138 valence electrons. The van der Waals surface area contributed by atoms with E-state index in [0.717, 1.165) is 11.1 Å². The Morgan fingerprint density at radius 1 is 1.08 bits per heavy atom. The first kappa shape index (κ1) is 19.2. The second-order valence-corrected chi connectivity index (χ2v) is 5.27. The molecule has 0 saturated carbocycles. The topological polar surface area (TPSA) is 88.1 Å². The van der Waals surface area contributed by atoms with E-state index < -0.39 is 0 Å². The molecule has 0 fully saturated rings. The van der Waals surface area contributed by atoms with Crippen LogP contribution >= 0.6 is 0 Å². The first-order valence-electron chi connectivity index (χ1n) is 8.46. The van der Waals surface area contributed by atoms with Crippen molar-refractivity contribution in [3.05, 3.63) is 47.7 Å². The quantitative estimate of drug-likeness (QED) is 0.755. The highest BCUT2D eigenvalue weighted by atomic mass is 16.5. The summed E-state index contributed by atoms with van der Waals surface area (Å²) in [6, 6.07) is 10.0. The molecule has 0 atom stereocenters. The van der Waals surface area contributed by atoms with Gasteiger partial charge in [0.15, 0.2) is 17.4 Å². The number of benzene rings is 1. The van der Waals surface area contributed by atoms with E-state index >= 15 is 0 Å². The summed E-state index contributed by atoms with van der Waals surface area (Å²) in [6.07, 6.45) is 1.54. The number of nitrogen functional groups attached to an aromatic ring is 1. The first-order valence-corrected chi connectivity index (χ1v) is 8.46. The minimum Gasteiger partial charge on any atom is -0.491 e. The van der Waals surface area contributed by atoms with Crippen molar-refractivity contribution in [2.24, 2.45) is 0 Å². The van der Waals surface area contributed by atoms with Crippen molar-refractivity contribution in [1.29, 1.82) is 0 Å². The van der Waals surface area contributed by atoms with Gasteiger partial charge in [0.25, 0.3) is 0 Å². The van der Waals surface area contributed by atoms with Crippen LogP contribution in [0.25, 0.3) is 11.5 Å². The predicted octanol–water partition coefficient (Wildman–Crippen LogP) is 3.32. The number of ether oxygens (including phenoxy) is 2. The standard InChI is InChI=1S/C17H19N5O2.C2H6/c1-11-14(16-19-9-13(23-2)15(18)20-16)21-22(17(11)24-3)10-12-7-5-4-6-8-12;1-2/h4-9H,10H2,1-3H3,(H2,18,19,20);1-2H3. The minimum atomic E-state index is 0.276. The number of nitrogens with zero attached hydrogens (tertiary/aromatic N) is 4. The zero-order chi connectivity index (χ0) is 19.1. The Morgan fingerprint density at radius 2 is 1.77 bits per heavy atom. The highest BCUT2D eigenvalue weighted by molar-refractivity contribution is 5.61. The van der Waals surface area contributed by atoms with E-state index in [-0.39, 0.29) is 5.82 Å². The van der Waals surface area contributed by atoms with Gasteiger partial charge in [-0.3, -0.25) is 0 Å². The summed E-state index contributed by atoms with van der Waals surface area (Å²) in [5.74, 6) is 1.83. The molecule has 0 amide bonds. The van der Waals surface area contributed by atoms with Gasteiger partial charge in [-0.1, -0.05) is 44.2 Å². The van der Waals surface area contributed by atoms with E-state index in [1.54, 1.807) is 18.0 Å². The molecule has 3 rings (SSSR count). The maximum Gasteiger partial charge on any atom is 0.215 e. The summed E-state index contributed by atoms with van der Waals surface area (Å²) >= 11 is 0. The Labute approximate surface area is 153 Å². The van der Waals surface area contributed by atoms with E-state index in [1.165, 1.54) is 7.11 Å². The van der Waals surface area contributed by atoms with Crippen molar-refractivity contribution in [1.82, 2.24) is 19.7 Å². The van der Waals surface area contributed by atoms with Crippen LogP contribution in [0.15, 0.2) is 36.5 Å². The summed E-state index contributed by atoms with van der Waals surface area (Å²) in [7, 11) is 3.15. The molecule has 1 aromatic carbocycles. The van der Waals surface area contributed by atoms with Gasteiger partial charge in [-0.25, -0.2) is 14.6 Å². The van der Waals surface area contributed by atoms with Crippen molar-refractivity contribution in [2.45, 2.75) is 27.3 Å². The van der Waals surface area contributed by atoms with Crippen LogP contribution in [0.5, 0.6) is 11.6 Å². The fourth-order valence-electron chi connectivity index (χ4n) is 2.53. The maximum absolute atomic E-state index is 5.88. The Kier molecular flexibility index (Phi) is 6.54. The van der Waals surface area contributed by atoms with E-state index in [4.69, 9.17) is 15.2 Å². The lowest BCUT2D eigenvalue weighted by molar-refractivity contribution is 0.364. The van der Waals surface area contributed by atoms with Crippen molar-refractivity contribution < 1.29 is 9.47 Å². The average Bonchev–Trinajstić information content (AvgIpc) is 2.99. The monoisotopic (exact) mass is 355 g/mol. The molecule has 0 aliphatic heterocycles. The lowest BCUT2D eigenvalue weighted by atomic mass is 10.2. The van der Waals surface area contributed by atoms with E-state index in [9.17, 15) is 0 Å². The zero-order valence-corrected chi connectivity index (χ0v) is 15.9. The summed E-state index contributed by atoms with van der Waals surface area (Å²) in [5.41, 5.74) is 8.50. The Bertz CT molecular complexity index is 847. The Morgan fingerprint density at radius 3 is 2.35 bits per heavy atom. The molecule has 0 radical (unpaired) electrons. The van der Waals surface area contributed by atoms with Gasteiger partial charge in [0, 0.05) is 5.56 Å². The van der Waals surface area contributed by atoms with Crippen LogP contribution < -0.4 is 15.2 Å². The van der Waals surface area contributed by atoms with Crippen molar-refractivity contribution in [3.8, 4) is 23.1 Å². The second kappa shape index (κ2) is 8.84. The molecule has 26 heavy (non-hydrogen) atoms. The molecule has 0 unspecified atom stereocenters. The van der Waals surface area contributed by atoms with Crippen LogP contribution in [-0.4, -0.2) is 34.0 Å². The highest BCUT2D eigenvalue weighted by Gasteiger charge is 2.19. The average molecular weight is 355 g/mol. The lowest BCUT2D eigenvalue weighted by Gasteiger charge is -2.06. The van der Waals surface area contributed by atoms with Crippen molar-refractivity contribution >= 4 is 5.82 Å². The Hall–Kier alpha value is -3.09. The Balaban J connectivity index is 0.00000117. The molecule has 0 aliphatic rings. The predicted molar refractivity (Wildman–Crippen MR) is 102 cm³/mol. The molecule has 7 nitrogen and oxygen atoms in total. The van der Waals surface area contributed by atoms with Crippen LogP contribution in [0.1, 0.15) is 25.0 Å². The first-order chi connectivity index (χ1) is 12.6. The van der Waals surface area contributed by atoms with Gasteiger partial charge in [0.1, 0.15) is 5.69 Å². The SMILES string of the molecule is CC.COc1cnc(-c2nn(Cc3ccccc3)c(OC)c2C)nc1N. The molecule has 3 aromatic rings. The molecular weight excluding hydrogens is 330 g/mol. The van der Waals surface area contributed by atoms with Crippen molar-refractivity contribution in [2.75, 3.05) is 20.0 Å². The molecule has 0 bridgehead atoms. The van der Waals surface area contributed by atoms with Gasteiger partial charge in [-0.15, -0.1) is 0 Å². The number of anilines is 1. The van der Waals surface area contributed by atoms with Crippen LogP contribution in [0.2, 0.25) is 0 Å². The van der Waals surface area contributed by atoms with E-state index in [2.05, 4.69) is 15.1 Å². The highest BCUT2D eigenvalue weighted by Crippen LogP contribution is 2.29. The second-order valence-electron chi connectivity index (χ2n) is 5.27. The van der Waals surface area contributed by atoms with Crippen LogP contribution in [0.4, 0.5) is 5.82 Å². The normalized spacial score (nSPS) is 10.0. The van der Waals surface area contributed by atoms with E-state index in [1.807, 2.05) is 51.1 Å². The summed E-state index contributed by atoms with van der Waals surface area (Å²) in [5, 5.41) is 4.61. The largest absolute Gasteiger partial charge is 0.491 e. The molecule has 2 heterocycles. The van der Waals surface area contributed by atoms with Gasteiger partial charge in [-0.2, -0.15) is 5.10 Å². The fraction of sp³-hybridized carbons (Fsp3) is 0.316. The summed E-state index contributed by atoms with van der Waals surface area (Å²) in [4.78, 5) is 8.57. The van der Waals surface area contributed by atoms with Crippen molar-refractivity contribution in [3.63, 3.8) is 0 Å². The van der Waals surface area contributed by atoms with Gasteiger partial charge in [0.2, 0.25) is 5.88 Å².